The maximum atomic E-state index is 12.8. The molecule has 1 atom stereocenters. The number of anilines is 1. The summed E-state index contributed by atoms with van der Waals surface area (Å²) in [7, 11) is 0. The van der Waals surface area contributed by atoms with E-state index in [0.717, 1.165) is 24.9 Å². The second-order valence-corrected chi connectivity index (χ2v) is 4.07. The van der Waals surface area contributed by atoms with Crippen LogP contribution >= 0.6 is 11.6 Å². The molecule has 0 amide bonds. The zero-order chi connectivity index (χ0) is 11.3. The molecule has 0 aliphatic carbocycles. The van der Waals surface area contributed by atoms with Gasteiger partial charge in [0.25, 0.3) is 0 Å². The van der Waals surface area contributed by atoms with E-state index >= 15 is 0 Å². The van der Waals surface area contributed by atoms with Gasteiger partial charge in [-0.25, -0.2) is 4.39 Å². The zero-order valence-corrected chi connectivity index (χ0v) is 9.94. The summed E-state index contributed by atoms with van der Waals surface area (Å²) in [6.07, 6.45) is 3.27. The third kappa shape index (κ3) is 3.71. The molecule has 1 aromatic rings. The fourth-order valence-corrected chi connectivity index (χ4v) is 1.78. The molecule has 1 nitrogen and oxygen atoms in total. The summed E-state index contributed by atoms with van der Waals surface area (Å²) in [5.74, 6) is -0.297. The highest BCUT2D eigenvalue weighted by atomic mass is 35.5. The first-order valence-corrected chi connectivity index (χ1v) is 5.76. The lowest BCUT2D eigenvalue weighted by molar-refractivity contribution is 0.618. The lowest BCUT2D eigenvalue weighted by Crippen LogP contribution is -2.18. The minimum atomic E-state index is -0.297. The van der Waals surface area contributed by atoms with E-state index in [4.69, 9.17) is 11.6 Å². The quantitative estimate of drug-likeness (QED) is 0.786. The topological polar surface area (TPSA) is 12.0 Å². The summed E-state index contributed by atoms with van der Waals surface area (Å²) in [4.78, 5) is 0. The number of rotatable bonds is 5. The van der Waals surface area contributed by atoms with Gasteiger partial charge in [-0.1, -0.05) is 31.9 Å². The SMILES string of the molecule is CCCC(CC)Nc1ccc(F)cc1Cl. The Morgan fingerprint density at radius 3 is 2.67 bits per heavy atom. The van der Waals surface area contributed by atoms with E-state index in [-0.39, 0.29) is 5.82 Å². The van der Waals surface area contributed by atoms with E-state index in [1.807, 2.05) is 0 Å². The molecule has 0 saturated carbocycles. The van der Waals surface area contributed by atoms with Gasteiger partial charge in [0.05, 0.1) is 10.7 Å². The molecule has 0 heterocycles. The summed E-state index contributed by atoms with van der Waals surface area (Å²) < 4.78 is 12.8. The molecule has 0 radical (unpaired) electrons. The third-order valence-electron chi connectivity index (χ3n) is 2.42. The van der Waals surface area contributed by atoms with Gasteiger partial charge in [0.15, 0.2) is 0 Å². The first kappa shape index (κ1) is 12.3. The van der Waals surface area contributed by atoms with Gasteiger partial charge in [0.2, 0.25) is 0 Å². The largest absolute Gasteiger partial charge is 0.381 e. The Bertz CT molecular complexity index is 314. The fourth-order valence-electron chi connectivity index (χ4n) is 1.55. The number of nitrogens with one attached hydrogen (secondary N) is 1. The molecular formula is C12H17ClFN. The maximum absolute atomic E-state index is 12.8. The van der Waals surface area contributed by atoms with Crippen LogP contribution in [0.4, 0.5) is 10.1 Å². The van der Waals surface area contributed by atoms with Crippen LogP contribution in [0.5, 0.6) is 0 Å². The highest BCUT2D eigenvalue weighted by Crippen LogP contribution is 2.24. The number of hydrogen-bond donors (Lipinski definition) is 1. The van der Waals surface area contributed by atoms with Crippen molar-refractivity contribution in [2.45, 2.75) is 39.2 Å². The second-order valence-electron chi connectivity index (χ2n) is 3.66. The monoisotopic (exact) mass is 229 g/mol. The fraction of sp³-hybridized carbons (Fsp3) is 0.500. The Morgan fingerprint density at radius 2 is 2.13 bits per heavy atom. The van der Waals surface area contributed by atoms with E-state index in [0.29, 0.717) is 11.1 Å². The van der Waals surface area contributed by atoms with Gasteiger partial charge >= 0.3 is 0 Å². The molecule has 0 aliphatic rings. The van der Waals surface area contributed by atoms with Gasteiger partial charge in [0.1, 0.15) is 5.82 Å². The van der Waals surface area contributed by atoms with Crippen LogP contribution < -0.4 is 5.32 Å². The molecule has 0 aromatic heterocycles. The van der Waals surface area contributed by atoms with Gasteiger partial charge in [-0.15, -0.1) is 0 Å². The number of hydrogen-bond acceptors (Lipinski definition) is 1. The molecular weight excluding hydrogens is 213 g/mol. The smallest absolute Gasteiger partial charge is 0.124 e. The van der Waals surface area contributed by atoms with E-state index in [1.54, 1.807) is 6.07 Å². The molecule has 0 fully saturated rings. The van der Waals surface area contributed by atoms with Crippen LogP contribution in [0.2, 0.25) is 5.02 Å². The highest BCUT2D eigenvalue weighted by molar-refractivity contribution is 6.33. The predicted octanol–water partition coefficient (Wildman–Crippen LogP) is 4.47. The van der Waals surface area contributed by atoms with Crippen LogP contribution in [-0.4, -0.2) is 6.04 Å². The summed E-state index contributed by atoms with van der Waals surface area (Å²) >= 11 is 5.93. The molecule has 0 saturated heterocycles. The van der Waals surface area contributed by atoms with Crippen molar-refractivity contribution in [1.82, 2.24) is 0 Å². The van der Waals surface area contributed by atoms with Crippen molar-refractivity contribution in [1.29, 1.82) is 0 Å². The van der Waals surface area contributed by atoms with Crippen molar-refractivity contribution in [3.63, 3.8) is 0 Å². The van der Waals surface area contributed by atoms with Gasteiger partial charge in [-0.3, -0.25) is 0 Å². The average Bonchev–Trinajstić information content (AvgIpc) is 2.21. The van der Waals surface area contributed by atoms with Crippen molar-refractivity contribution in [2.24, 2.45) is 0 Å². The molecule has 1 N–H and O–H groups in total. The Balaban J connectivity index is 2.70. The number of halogens is 2. The van der Waals surface area contributed by atoms with Crippen LogP contribution in [0.15, 0.2) is 18.2 Å². The molecule has 1 rings (SSSR count). The summed E-state index contributed by atoms with van der Waals surface area (Å²) in [6, 6.07) is 4.86. The summed E-state index contributed by atoms with van der Waals surface area (Å²) in [5, 5.41) is 3.78. The van der Waals surface area contributed by atoms with Gasteiger partial charge in [-0.2, -0.15) is 0 Å². The number of benzene rings is 1. The molecule has 0 aliphatic heterocycles. The molecule has 0 spiro atoms. The predicted molar refractivity (Wildman–Crippen MR) is 64.0 cm³/mol. The van der Waals surface area contributed by atoms with Crippen LogP contribution in [0, 0.1) is 5.82 Å². The van der Waals surface area contributed by atoms with Crippen molar-refractivity contribution in [3.05, 3.63) is 29.0 Å². The first-order valence-electron chi connectivity index (χ1n) is 5.39. The lowest BCUT2D eigenvalue weighted by Gasteiger charge is -2.18. The Labute approximate surface area is 95.6 Å². The molecule has 84 valence electrons. The Hall–Kier alpha value is -0.760. The van der Waals surface area contributed by atoms with Gasteiger partial charge in [0, 0.05) is 6.04 Å². The Morgan fingerprint density at radius 1 is 1.40 bits per heavy atom. The molecule has 0 bridgehead atoms. The van der Waals surface area contributed by atoms with Crippen molar-refractivity contribution in [2.75, 3.05) is 5.32 Å². The normalized spacial score (nSPS) is 12.5. The zero-order valence-electron chi connectivity index (χ0n) is 9.19. The van der Waals surface area contributed by atoms with E-state index in [2.05, 4.69) is 19.2 Å². The van der Waals surface area contributed by atoms with Crippen molar-refractivity contribution < 1.29 is 4.39 Å². The first-order chi connectivity index (χ1) is 7.17. The lowest BCUT2D eigenvalue weighted by atomic mass is 10.1. The van der Waals surface area contributed by atoms with Crippen LogP contribution in [0.1, 0.15) is 33.1 Å². The highest BCUT2D eigenvalue weighted by Gasteiger charge is 2.07. The third-order valence-corrected chi connectivity index (χ3v) is 2.73. The minimum absolute atomic E-state index is 0.297. The summed E-state index contributed by atoms with van der Waals surface area (Å²) in [6.45, 7) is 4.28. The maximum Gasteiger partial charge on any atom is 0.124 e. The van der Waals surface area contributed by atoms with Crippen LogP contribution in [0.3, 0.4) is 0 Å². The van der Waals surface area contributed by atoms with Crippen molar-refractivity contribution >= 4 is 17.3 Å². The molecule has 15 heavy (non-hydrogen) atoms. The minimum Gasteiger partial charge on any atom is -0.381 e. The standard InChI is InChI=1S/C12H17ClFN/c1-3-5-10(4-2)15-12-7-6-9(14)8-11(12)13/h6-8,10,15H,3-5H2,1-2H3. The van der Waals surface area contributed by atoms with Crippen LogP contribution in [-0.2, 0) is 0 Å². The van der Waals surface area contributed by atoms with E-state index < -0.39 is 0 Å². The molecule has 3 heteroatoms. The molecule has 1 aromatic carbocycles. The summed E-state index contributed by atoms with van der Waals surface area (Å²) in [5.41, 5.74) is 0.818. The van der Waals surface area contributed by atoms with Crippen LogP contribution in [0.25, 0.3) is 0 Å². The Kier molecular flexibility index (Phi) is 4.89. The second kappa shape index (κ2) is 5.96. The average molecular weight is 230 g/mol. The van der Waals surface area contributed by atoms with E-state index in [9.17, 15) is 4.39 Å². The van der Waals surface area contributed by atoms with E-state index in [1.165, 1.54) is 12.1 Å². The van der Waals surface area contributed by atoms with Crippen molar-refractivity contribution in [3.8, 4) is 0 Å². The molecule has 1 unspecified atom stereocenters. The van der Waals surface area contributed by atoms with Gasteiger partial charge < -0.3 is 5.32 Å². The van der Waals surface area contributed by atoms with Gasteiger partial charge in [-0.05, 0) is 31.0 Å².